The fraction of sp³-hybridized carbons (Fsp3) is 0.467. The van der Waals surface area contributed by atoms with Crippen LogP contribution in [0.4, 0.5) is 17.6 Å². The van der Waals surface area contributed by atoms with Crippen molar-refractivity contribution in [1.82, 2.24) is 67.6 Å². The van der Waals surface area contributed by atoms with Crippen LogP contribution < -0.4 is 68.8 Å². The molecule has 4 aliphatic rings. The highest BCUT2D eigenvalue weighted by molar-refractivity contribution is 6.01. The number of aromatic amines is 2. The maximum Gasteiger partial charge on any atom is 0.257 e. The molecule has 0 spiro atoms. The van der Waals surface area contributed by atoms with Crippen LogP contribution in [0.1, 0.15) is 102 Å². The average Bonchev–Trinajstić information content (AvgIpc) is 1.68. The molecule has 0 saturated carbocycles. The van der Waals surface area contributed by atoms with Crippen LogP contribution in [0.2, 0.25) is 0 Å². The zero-order chi connectivity index (χ0) is 79.2. The molecule has 2 aromatic heterocycles. The minimum atomic E-state index is -2.58. The van der Waals surface area contributed by atoms with Crippen LogP contribution in [0.3, 0.4) is 0 Å². The third-order valence-corrected chi connectivity index (χ3v) is 19.7. The monoisotopic (exact) mass is 1520 g/mol. The number of amides is 12. The van der Waals surface area contributed by atoms with E-state index in [0.29, 0.717) is 34.3 Å². The van der Waals surface area contributed by atoms with E-state index in [2.05, 4.69) is 57.8 Å². The smallest absolute Gasteiger partial charge is 0.257 e. The van der Waals surface area contributed by atoms with Crippen LogP contribution in [0, 0.1) is 11.6 Å². The van der Waals surface area contributed by atoms with Crippen LogP contribution >= 0.6 is 0 Å². The van der Waals surface area contributed by atoms with Gasteiger partial charge in [0.15, 0.2) is 5.67 Å². The quantitative estimate of drug-likeness (QED) is 0.0388. The molecule has 0 aliphatic carbocycles. The Labute approximate surface area is 624 Å². The number of nitrogens with zero attached hydrogens (tertiary/aromatic N) is 2. The Hall–Kier alpha value is -11.2. The van der Waals surface area contributed by atoms with Gasteiger partial charge in [-0.05, 0) is 156 Å². The second-order valence-corrected chi connectivity index (χ2v) is 28.3. The molecule has 4 aromatic carbocycles. The summed E-state index contributed by atoms with van der Waals surface area (Å²) in [6.07, 6.45) is -2.97. The van der Waals surface area contributed by atoms with Crippen LogP contribution in [0.15, 0.2) is 97.3 Å². The molecule has 586 valence electrons. The number of nitrogens with two attached hydrogens (primary N) is 2. The lowest BCUT2D eigenvalue weighted by Gasteiger charge is -2.37. The summed E-state index contributed by atoms with van der Waals surface area (Å²) in [5, 5.41) is 34.7. The van der Waals surface area contributed by atoms with E-state index < -0.39 is 193 Å². The maximum absolute atomic E-state index is 16.2. The van der Waals surface area contributed by atoms with Gasteiger partial charge in [0.05, 0.1) is 32.7 Å². The van der Waals surface area contributed by atoms with Crippen LogP contribution in [-0.4, -0.2) is 214 Å². The highest BCUT2D eigenvalue weighted by Crippen LogP contribution is 2.32. The van der Waals surface area contributed by atoms with Crippen molar-refractivity contribution in [3.8, 4) is 11.5 Å². The number of aromatic nitrogens is 2. The first kappa shape index (κ1) is 81.9. The van der Waals surface area contributed by atoms with Crippen molar-refractivity contribution in [2.45, 2.75) is 183 Å². The van der Waals surface area contributed by atoms with Crippen molar-refractivity contribution in [3.63, 3.8) is 0 Å². The molecule has 30 nitrogen and oxygen atoms in total. The summed E-state index contributed by atoms with van der Waals surface area (Å²) in [4.78, 5) is 182. The molecule has 6 aromatic rings. The first-order valence-electron chi connectivity index (χ1n) is 35.9. The van der Waals surface area contributed by atoms with E-state index in [1.165, 1.54) is 68.6 Å². The fourth-order valence-electron chi connectivity index (χ4n) is 13.5. The third kappa shape index (κ3) is 21.0. The third-order valence-electron chi connectivity index (χ3n) is 19.7. The molecule has 0 radical (unpaired) electrons. The minimum Gasteiger partial charge on any atom is -0.497 e. The molecule has 12 amide bonds. The highest BCUT2D eigenvalue weighted by Gasteiger charge is 2.50. The normalized spacial score (nSPS) is 25.0. The van der Waals surface area contributed by atoms with Crippen molar-refractivity contribution in [1.29, 1.82) is 0 Å². The molecule has 12 atom stereocenters. The number of H-pyrrole nitrogens is 2. The van der Waals surface area contributed by atoms with Crippen LogP contribution in [0.5, 0.6) is 11.5 Å². The van der Waals surface area contributed by atoms with Gasteiger partial charge in [-0.15, -0.1) is 0 Å². The Kier molecular flexibility index (Phi) is 27.2. The van der Waals surface area contributed by atoms with Crippen molar-refractivity contribution in [2.75, 3.05) is 39.9 Å². The SMILES string of the molecule is COc1ccc(C[C@@H]2NC(=O)[C@H]([C@@H](C)O)NC(=O)[C@@H]3C[C@H](F)CN3C(=O)[C@H](Cc3c[nH]c4ccc(F)cc34)NC(=O)[C@H](Cc3c[nH]c4ccc(F)cc34)NC(=O)[C@@H](C)NC(=O)[C@H](CCCCN)NC(=O)[C@@H](NC(=O)C(C)(C)F)CC(=O)NCCOc3ccc(cc3)C[C@@H](C(N)=O)NC(=O)[C@]3(C)CCCN3C2=O)cc1. The lowest BCUT2D eigenvalue weighted by atomic mass is 9.94. The number of ether oxygens (including phenoxy) is 2. The number of carbonyl (C=O) groups excluding carboxylic acids is 12. The number of aliphatic hydroxyl groups excluding tert-OH is 1. The van der Waals surface area contributed by atoms with E-state index >= 15 is 31.9 Å². The lowest BCUT2D eigenvalue weighted by molar-refractivity contribution is -0.147. The second-order valence-electron chi connectivity index (χ2n) is 28.3. The number of nitrogens with one attached hydrogen (secondary N) is 11. The number of aliphatic hydroxyl groups is 1. The summed E-state index contributed by atoms with van der Waals surface area (Å²) < 4.78 is 72.6. The second kappa shape index (κ2) is 36.2. The molecule has 34 heteroatoms. The van der Waals surface area contributed by atoms with Crippen LogP contribution in [-0.2, 0) is 83.2 Å². The molecular weight excluding hydrogens is 1430 g/mol. The zero-order valence-electron chi connectivity index (χ0n) is 61.1. The Morgan fingerprint density at radius 2 is 1.32 bits per heavy atom. The van der Waals surface area contributed by atoms with Crippen molar-refractivity contribution >= 4 is 92.7 Å². The highest BCUT2D eigenvalue weighted by atomic mass is 19.1. The van der Waals surface area contributed by atoms with Crippen molar-refractivity contribution in [3.05, 3.63) is 131 Å². The van der Waals surface area contributed by atoms with Gasteiger partial charge in [-0.2, -0.15) is 0 Å². The first-order chi connectivity index (χ1) is 51.7. The van der Waals surface area contributed by atoms with E-state index in [0.717, 1.165) is 43.9 Å². The Morgan fingerprint density at radius 3 is 1.93 bits per heavy atom. The summed E-state index contributed by atoms with van der Waals surface area (Å²) in [7, 11) is 1.44. The van der Waals surface area contributed by atoms with Crippen molar-refractivity contribution in [2.24, 2.45) is 11.5 Å². The molecule has 10 rings (SSSR count). The van der Waals surface area contributed by atoms with Gasteiger partial charge in [0.1, 0.15) is 95.8 Å². The fourth-order valence-corrected chi connectivity index (χ4v) is 13.5. The molecule has 16 N–H and O–H groups in total. The molecule has 2 saturated heterocycles. The largest absolute Gasteiger partial charge is 0.497 e. The van der Waals surface area contributed by atoms with Crippen molar-refractivity contribution < 1.29 is 89.7 Å². The van der Waals surface area contributed by atoms with Gasteiger partial charge in [-0.3, -0.25) is 57.5 Å². The topological polar surface area (TPSA) is 442 Å². The average molecular weight is 1520 g/mol. The first-order valence-corrected chi connectivity index (χ1v) is 35.9. The van der Waals surface area contributed by atoms with Gasteiger partial charge in [0, 0.05) is 72.8 Å². The zero-order valence-corrected chi connectivity index (χ0v) is 61.1. The summed E-state index contributed by atoms with van der Waals surface area (Å²) in [5.74, 6) is -13.0. The number of rotatable bonds is 15. The van der Waals surface area contributed by atoms with Gasteiger partial charge in [0.25, 0.3) is 5.91 Å². The van der Waals surface area contributed by atoms with E-state index in [9.17, 15) is 48.3 Å². The predicted molar refractivity (Wildman–Crippen MR) is 388 cm³/mol. The van der Waals surface area contributed by atoms with Gasteiger partial charge >= 0.3 is 0 Å². The molecule has 4 aliphatic heterocycles. The summed E-state index contributed by atoms with van der Waals surface area (Å²) in [6.45, 7) is 4.66. The molecular formula is C75H93F4N15O15. The number of halogens is 4. The summed E-state index contributed by atoms with van der Waals surface area (Å²) in [5.41, 5.74) is 9.64. The standard InChI is InChI=1S/C75H93F4N15O15/c1-39-64(98)87-56(30-43-36-83-52-21-15-45(76)32-50(43)52)66(100)88-59(31-44-37-84-53-22-16-46(77)33-51(44)53)70(104)93-38-47(78)34-60(93)68(102)92-62(40(2)95)69(103)89-58(29-42-11-17-48(108-6)18-12-42)71(105)94-26-9-23-75(94,5)73(107)90-55(63(81)97)28-41-13-19-49(20-14-41)109-27-25-82-61(96)35-57(91-72(106)74(3,4)79)67(101)86-54(65(99)85-39)10-7-8-24-80/h11-22,32-33,36-37,39-40,47,54-60,62,83-84,95H,7-10,23-31,34-35,38,80H2,1-6H3,(H2,81,97)(H,82,96)(H,85,99)(H,86,101)(H,87,98)(H,88,100)(H,89,103)(H,90,107)(H,91,106)(H,92,102)/t39-,40-,47+,54+,55+,56+,57+,58+,59+,60+,62+,75+/m1/s1. The lowest BCUT2D eigenvalue weighted by Crippen LogP contribution is -2.64. The Bertz CT molecular complexity index is 4340. The Balaban J connectivity index is 1.08. The number of benzene rings is 4. The number of fused-ring (bicyclic) bond motifs is 32. The molecule has 2 bridgehead atoms. The minimum absolute atomic E-state index is 0.0276. The van der Waals surface area contributed by atoms with E-state index in [1.807, 2.05) is 0 Å². The molecule has 109 heavy (non-hydrogen) atoms. The van der Waals surface area contributed by atoms with E-state index in [-0.39, 0.29) is 92.4 Å². The predicted octanol–water partition coefficient (Wildman–Crippen LogP) is 1.07. The number of methoxy groups -OCH3 is 1. The van der Waals surface area contributed by atoms with Gasteiger partial charge in [-0.1, -0.05) is 24.3 Å². The van der Waals surface area contributed by atoms with Gasteiger partial charge in [0.2, 0.25) is 65.0 Å². The number of primary amides is 1. The number of unbranched alkanes of at least 4 members (excludes halogenated alkanes) is 1. The Morgan fingerprint density at radius 1 is 0.725 bits per heavy atom. The van der Waals surface area contributed by atoms with Gasteiger partial charge in [-0.25, -0.2) is 17.6 Å². The number of carbonyl (C=O) groups is 12. The maximum atomic E-state index is 16.2. The van der Waals surface area contributed by atoms with Gasteiger partial charge < -0.3 is 93.7 Å². The number of hydrogen-bond donors (Lipinski definition) is 14. The van der Waals surface area contributed by atoms with E-state index in [1.54, 1.807) is 36.4 Å². The number of alkyl halides is 2. The summed E-state index contributed by atoms with van der Waals surface area (Å²) >= 11 is 0. The molecule has 2 fully saturated rings. The summed E-state index contributed by atoms with van der Waals surface area (Å²) in [6, 6.07) is 5.01. The molecule has 0 unspecified atom stereocenters. The van der Waals surface area contributed by atoms with E-state index in [4.69, 9.17) is 20.9 Å². The number of hydrogen-bond acceptors (Lipinski definition) is 16. The molecule has 6 heterocycles. The van der Waals surface area contributed by atoms with Crippen LogP contribution in [0.25, 0.3) is 21.8 Å².